The van der Waals surface area contributed by atoms with Gasteiger partial charge in [-0.05, 0) is 37.0 Å². The fraction of sp³-hybridized carbons (Fsp3) is 0.368. The van der Waals surface area contributed by atoms with E-state index in [9.17, 15) is 22.9 Å². The molecule has 2 aromatic carbocycles. The third kappa shape index (κ3) is 4.31. The van der Waals surface area contributed by atoms with E-state index in [2.05, 4.69) is 5.32 Å². The zero-order chi connectivity index (χ0) is 20.3. The first-order chi connectivity index (χ1) is 13.3. The van der Waals surface area contributed by atoms with Crippen LogP contribution in [0.15, 0.2) is 47.4 Å². The van der Waals surface area contributed by atoms with Gasteiger partial charge in [-0.2, -0.15) is 4.31 Å². The fourth-order valence-electron chi connectivity index (χ4n) is 3.32. The molecular weight excluding hydrogens is 385 g/mol. The van der Waals surface area contributed by atoms with Gasteiger partial charge < -0.3 is 5.32 Å². The Labute approximate surface area is 163 Å². The van der Waals surface area contributed by atoms with Crippen molar-refractivity contribution in [1.29, 1.82) is 0 Å². The highest BCUT2D eigenvalue weighted by atomic mass is 32.2. The van der Waals surface area contributed by atoms with E-state index in [1.165, 1.54) is 22.5 Å². The van der Waals surface area contributed by atoms with Gasteiger partial charge in [-0.1, -0.05) is 25.1 Å². The predicted molar refractivity (Wildman–Crippen MR) is 104 cm³/mol. The normalized spacial score (nSPS) is 18.0. The molecule has 1 fully saturated rings. The van der Waals surface area contributed by atoms with Crippen molar-refractivity contribution in [3.63, 3.8) is 0 Å². The zero-order valence-electron chi connectivity index (χ0n) is 15.5. The van der Waals surface area contributed by atoms with E-state index in [4.69, 9.17) is 0 Å². The van der Waals surface area contributed by atoms with Gasteiger partial charge in [0.25, 0.3) is 5.69 Å². The summed E-state index contributed by atoms with van der Waals surface area (Å²) in [6, 6.07) is 9.89. The maximum Gasteiger partial charge on any atom is 0.293 e. The maximum atomic E-state index is 13.8. The van der Waals surface area contributed by atoms with Crippen molar-refractivity contribution >= 4 is 21.4 Å². The molecule has 7 nitrogen and oxygen atoms in total. The van der Waals surface area contributed by atoms with Crippen molar-refractivity contribution in [1.82, 2.24) is 4.31 Å². The lowest BCUT2D eigenvalue weighted by molar-refractivity contribution is -0.384. The van der Waals surface area contributed by atoms with E-state index < -0.39 is 20.8 Å². The molecule has 0 saturated carbocycles. The van der Waals surface area contributed by atoms with Crippen molar-refractivity contribution in [3.05, 3.63) is 64.0 Å². The molecule has 0 radical (unpaired) electrons. The highest BCUT2D eigenvalue weighted by molar-refractivity contribution is 7.89. The monoisotopic (exact) mass is 407 g/mol. The van der Waals surface area contributed by atoms with Gasteiger partial charge in [0.05, 0.1) is 9.82 Å². The lowest BCUT2D eigenvalue weighted by Gasteiger charge is -2.30. The van der Waals surface area contributed by atoms with Crippen LogP contribution in [-0.2, 0) is 16.6 Å². The molecule has 1 N–H and O–H groups in total. The number of rotatable bonds is 6. The predicted octanol–water partition coefficient (Wildman–Crippen LogP) is 3.77. The molecule has 0 spiro atoms. The molecule has 0 amide bonds. The summed E-state index contributed by atoms with van der Waals surface area (Å²) in [6.07, 6.45) is 1.73. The molecule has 0 bridgehead atoms. The van der Waals surface area contributed by atoms with Crippen molar-refractivity contribution < 1.29 is 17.7 Å². The molecule has 1 atom stereocenters. The molecule has 0 unspecified atom stereocenters. The number of nitro groups is 1. The molecule has 28 heavy (non-hydrogen) atoms. The van der Waals surface area contributed by atoms with Crippen LogP contribution < -0.4 is 5.32 Å². The average Bonchev–Trinajstić information content (AvgIpc) is 2.67. The molecule has 3 rings (SSSR count). The van der Waals surface area contributed by atoms with Gasteiger partial charge in [0.15, 0.2) is 0 Å². The van der Waals surface area contributed by atoms with E-state index in [0.717, 1.165) is 18.9 Å². The van der Waals surface area contributed by atoms with Gasteiger partial charge in [0.1, 0.15) is 11.5 Å². The Hall–Kier alpha value is -2.52. The number of hydrogen-bond acceptors (Lipinski definition) is 5. The van der Waals surface area contributed by atoms with Crippen molar-refractivity contribution in [3.8, 4) is 0 Å². The third-order valence-corrected chi connectivity index (χ3v) is 6.71. The number of anilines is 1. The fourth-order valence-corrected chi connectivity index (χ4v) is 4.94. The summed E-state index contributed by atoms with van der Waals surface area (Å²) in [5.41, 5.74) is 0.137. The summed E-state index contributed by atoms with van der Waals surface area (Å²) in [5.74, 6) is -0.170. The average molecular weight is 407 g/mol. The second-order valence-corrected chi connectivity index (χ2v) is 8.93. The lowest BCUT2D eigenvalue weighted by Crippen LogP contribution is -2.39. The summed E-state index contributed by atoms with van der Waals surface area (Å²) in [6.45, 7) is 2.85. The molecule has 2 aromatic rings. The second-order valence-electron chi connectivity index (χ2n) is 6.99. The summed E-state index contributed by atoms with van der Waals surface area (Å²) in [7, 11) is -3.80. The summed E-state index contributed by atoms with van der Waals surface area (Å²) >= 11 is 0. The molecule has 150 valence electrons. The van der Waals surface area contributed by atoms with Gasteiger partial charge in [-0.25, -0.2) is 12.8 Å². The van der Waals surface area contributed by atoms with Crippen molar-refractivity contribution in [2.75, 3.05) is 18.4 Å². The summed E-state index contributed by atoms with van der Waals surface area (Å²) < 4.78 is 40.9. The van der Waals surface area contributed by atoms with E-state index in [1.54, 1.807) is 18.2 Å². The van der Waals surface area contributed by atoms with Crippen LogP contribution in [0.2, 0.25) is 0 Å². The molecule has 1 saturated heterocycles. The van der Waals surface area contributed by atoms with Crippen LogP contribution in [-0.4, -0.2) is 30.7 Å². The SMILES string of the molecule is C[C@H]1CCCN(S(=O)(=O)c2ccc(NCc3ccccc3F)c([N+](=O)[O-])c2)C1. The number of benzene rings is 2. The van der Waals surface area contributed by atoms with E-state index in [1.807, 2.05) is 6.92 Å². The quantitative estimate of drug-likeness (QED) is 0.581. The zero-order valence-corrected chi connectivity index (χ0v) is 16.3. The van der Waals surface area contributed by atoms with E-state index in [-0.39, 0.29) is 28.7 Å². The Balaban J connectivity index is 1.86. The van der Waals surface area contributed by atoms with Crippen LogP contribution in [0, 0.1) is 21.8 Å². The first-order valence-electron chi connectivity index (χ1n) is 9.05. The molecule has 1 heterocycles. The smallest absolute Gasteiger partial charge is 0.293 e. The van der Waals surface area contributed by atoms with Crippen LogP contribution in [0.4, 0.5) is 15.8 Å². The lowest BCUT2D eigenvalue weighted by atomic mass is 10.0. The highest BCUT2D eigenvalue weighted by Gasteiger charge is 2.30. The number of hydrogen-bond donors (Lipinski definition) is 1. The van der Waals surface area contributed by atoms with Gasteiger partial charge >= 0.3 is 0 Å². The van der Waals surface area contributed by atoms with Crippen LogP contribution in [0.1, 0.15) is 25.3 Å². The van der Waals surface area contributed by atoms with E-state index >= 15 is 0 Å². The van der Waals surface area contributed by atoms with Crippen molar-refractivity contribution in [2.45, 2.75) is 31.2 Å². The molecule has 9 heteroatoms. The molecule has 1 aliphatic rings. The Kier molecular flexibility index (Phi) is 5.95. The standard InChI is InChI=1S/C19H22FN3O4S/c1-14-5-4-10-22(13-14)28(26,27)16-8-9-18(19(11-16)23(24)25)21-12-15-6-2-3-7-17(15)20/h2-3,6-9,11,14,21H,4-5,10,12-13H2,1H3/t14-/m0/s1. The van der Waals surface area contributed by atoms with Crippen LogP contribution in [0.3, 0.4) is 0 Å². The number of nitrogens with one attached hydrogen (secondary N) is 1. The number of halogens is 1. The van der Waals surface area contributed by atoms with Crippen LogP contribution in [0.5, 0.6) is 0 Å². The Morgan fingerprint density at radius 2 is 2.04 bits per heavy atom. The van der Waals surface area contributed by atoms with Gasteiger partial charge in [-0.3, -0.25) is 10.1 Å². The first-order valence-corrected chi connectivity index (χ1v) is 10.5. The summed E-state index contributed by atoms with van der Waals surface area (Å²) in [4.78, 5) is 10.7. The minimum absolute atomic E-state index is 0.0449. The largest absolute Gasteiger partial charge is 0.375 e. The van der Waals surface area contributed by atoms with Crippen LogP contribution >= 0.6 is 0 Å². The molecular formula is C19H22FN3O4S. The third-order valence-electron chi connectivity index (χ3n) is 4.85. The van der Waals surface area contributed by atoms with Gasteiger partial charge in [0, 0.05) is 31.3 Å². The number of sulfonamides is 1. The molecule has 0 aromatic heterocycles. The second kappa shape index (κ2) is 8.24. The Bertz CT molecular complexity index is 981. The van der Waals surface area contributed by atoms with E-state index in [0.29, 0.717) is 18.7 Å². The maximum absolute atomic E-state index is 13.8. The minimum atomic E-state index is -3.80. The minimum Gasteiger partial charge on any atom is -0.375 e. The number of piperidine rings is 1. The van der Waals surface area contributed by atoms with Gasteiger partial charge in [-0.15, -0.1) is 0 Å². The topological polar surface area (TPSA) is 92.6 Å². The number of nitrogens with zero attached hydrogens (tertiary/aromatic N) is 2. The van der Waals surface area contributed by atoms with Gasteiger partial charge in [0.2, 0.25) is 10.0 Å². The first kappa shape index (κ1) is 20.2. The summed E-state index contributed by atoms with van der Waals surface area (Å²) in [5, 5.41) is 14.3. The molecule has 1 aliphatic heterocycles. The Morgan fingerprint density at radius 1 is 1.29 bits per heavy atom. The number of nitro benzene ring substituents is 1. The van der Waals surface area contributed by atoms with Crippen LogP contribution in [0.25, 0.3) is 0 Å². The Morgan fingerprint density at radius 3 is 2.71 bits per heavy atom. The molecule has 0 aliphatic carbocycles. The highest BCUT2D eigenvalue weighted by Crippen LogP contribution is 2.31. The van der Waals surface area contributed by atoms with Crippen molar-refractivity contribution in [2.24, 2.45) is 5.92 Å².